The Labute approximate surface area is 221 Å². The van der Waals surface area contributed by atoms with Gasteiger partial charge in [0.2, 0.25) is 0 Å². The maximum absolute atomic E-state index is 13.0. The monoisotopic (exact) mass is 553 g/mol. The maximum atomic E-state index is 13.0. The number of aryl methyl sites for hydroxylation is 1. The lowest BCUT2D eigenvalue weighted by atomic mass is 9.95. The molecule has 2 aliphatic heterocycles. The highest BCUT2D eigenvalue weighted by atomic mass is 35.5. The number of sulfonamides is 1. The number of pyridine rings is 1. The Morgan fingerprint density at radius 1 is 1.16 bits per heavy atom. The molecule has 2 aliphatic rings. The zero-order valence-corrected chi connectivity index (χ0v) is 21.9. The van der Waals surface area contributed by atoms with Crippen molar-refractivity contribution in [3.63, 3.8) is 0 Å². The smallest absolute Gasteiger partial charge is 0.318 e. The fraction of sp³-hybridized carbons (Fsp3) is 0.208. The van der Waals surface area contributed by atoms with Crippen molar-refractivity contribution in [2.75, 3.05) is 6.54 Å². The Hall–Kier alpha value is -3.61. The molecule has 0 fully saturated rings. The van der Waals surface area contributed by atoms with E-state index in [1.807, 2.05) is 35.8 Å². The first-order valence-corrected chi connectivity index (χ1v) is 14.1. The predicted octanol–water partition coefficient (Wildman–Crippen LogP) is 3.49. The van der Waals surface area contributed by atoms with Crippen molar-refractivity contribution < 1.29 is 13.2 Å². The van der Waals surface area contributed by atoms with Gasteiger partial charge in [-0.2, -0.15) is 0 Å². The first-order valence-electron chi connectivity index (χ1n) is 11.4. The Morgan fingerprint density at radius 3 is 2.78 bits per heavy atom. The van der Waals surface area contributed by atoms with Crippen LogP contribution in [0.1, 0.15) is 33.2 Å². The molecule has 0 unspecified atom stereocenters. The van der Waals surface area contributed by atoms with Crippen molar-refractivity contribution in [2.24, 2.45) is 4.99 Å². The largest absolute Gasteiger partial charge is 0.331 e. The SMILES string of the molecule is Cc1nnc2n1-c1sc3c(c1C(c1ccccc1Cl)=NC2)CCN(C(=O)NS(=O)(=O)c1cccnc1)C3. The van der Waals surface area contributed by atoms with Gasteiger partial charge in [0.15, 0.2) is 5.82 Å². The Kier molecular flexibility index (Phi) is 5.81. The second kappa shape index (κ2) is 9.05. The molecule has 0 aliphatic carbocycles. The molecular formula is C24H20ClN7O3S2. The number of hydrogen-bond acceptors (Lipinski definition) is 8. The molecule has 0 atom stereocenters. The third-order valence-electron chi connectivity index (χ3n) is 6.33. The fourth-order valence-corrected chi connectivity index (χ4v) is 7.17. The van der Waals surface area contributed by atoms with Crippen LogP contribution in [0.5, 0.6) is 0 Å². The Morgan fingerprint density at radius 2 is 2.00 bits per heavy atom. The number of carbonyl (C=O) groups is 1. The van der Waals surface area contributed by atoms with Crippen LogP contribution in [0.15, 0.2) is 58.7 Å². The summed E-state index contributed by atoms with van der Waals surface area (Å²) in [5, 5.41) is 10.1. The number of halogens is 1. The van der Waals surface area contributed by atoms with Gasteiger partial charge >= 0.3 is 6.03 Å². The number of amides is 2. The molecule has 188 valence electrons. The van der Waals surface area contributed by atoms with Gasteiger partial charge in [0, 0.05) is 40.0 Å². The number of nitrogens with zero attached hydrogens (tertiary/aromatic N) is 6. The van der Waals surface area contributed by atoms with Crippen LogP contribution in [-0.4, -0.2) is 51.4 Å². The van der Waals surface area contributed by atoms with Crippen LogP contribution in [0, 0.1) is 6.92 Å². The van der Waals surface area contributed by atoms with Gasteiger partial charge in [-0.05, 0) is 37.1 Å². The average Bonchev–Trinajstić information content (AvgIpc) is 3.40. The topological polar surface area (TPSA) is 122 Å². The van der Waals surface area contributed by atoms with Crippen molar-refractivity contribution in [3.8, 4) is 5.00 Å². The molecule has 6 rings (SSSR count). The summed E-state index contributed by atoms with van der Waals surface area (Å²) in [6.07, 6.45) is 3.20. The molecular weight excluding hydrogens is 534 g/mol. The number of rotatable bonds is 3. The normalized spacial score (nSPS) is 14.8. The summed E-state index contributed by atoms with van der Waals surface area (Å²) in [6.45, 7) is 2.85. The summed E-state index contributed by atoms with van der Waals surface area (Å²) in [5.74, 6) is 1.46. The molecule has 4 aromatic rings. The van der Waals surface area contributed by atoms with Crippen LogP contribution in [0.4, 0.5) is 4.79 Å². The lowest BCUT2D eigenvalue weighted by Crippen LogP contribution is -2.44. The molecule has 0 saturated carbocycles. The van der Waals surface area contributed by atoms with E-state index in [2.05, 4.69) is 19.9 Å². The second-order valence-corrected chi connectivity index (χ2v) is 11.8. The summed E-state index contributed by atoms with van der Waals surface area (Å²) in [5.41, 5.74) is 3.63. The molecule has 0 bridgehead atoms. The van der Waals surface area contributed by atoms with Gasteiger partial charge in [-0.15, -0.1) is 21.5 Å². The maximum Gasteiger partial charge on any atom is 0.331 e. The van der Waals surface area contributed by atoms with E-state index in [1.165, 1.54) is 40.8 Å². The third-order valence-corrected chi connectivity index (χ3v) is 9.17. The molecule has 1 N–H and O–H groups in total. The van der Waals surface area contributed by atoms with Crippen LogP contribution in [0.3, 0.4) is 0 Å². The minimum atomic E-state index is -4.04. The summed E-state index contributed by atoms with van der Waals surface area (Å²) >= 11 is 8.12. The van der Waals surface area contributed by atoms with Gasteiger partial charge in [-0.25, -0.2) is 17.9 Å². The van der Waals surface area contributed by atoms with E-state index in [0.717, 1.165) is 43.9 Å². The molecule has 2 amide bonds. The Bertz CT molecular complexity index is 1680. The lowest BCUT2D eigenvalue weighted by molar-refractivity contribution is 0.199. The first kappa shape index (κ1) is 23.8. The molecule has 0 radical (unpaired) electrons. The fourth-order valence-electron chi connectivity index (χ4n) is 4.58. The molecule has 37 heavy (non-hydrogen) atoms. The minimum Gasteiger partial charge on any atom is -0.318 e. The van der Waals surface area contributed by atoms with Crippen LogP contribution >= 0.6 is 22.9 Å². The van der Waals surface area contributed by atoms with E-state index in [-0.39, 0.29) is 11.4 Å². The Balaban J connectivity index is 1.38. The standard InChI is InChI=1S/C24H20ClN7O3S2/c1-14-28-29-20-12-27-22(16-6-2-3-7-18(16)25)21-17-8-10-31(13-19(17)36-23(21)32(14)20)24(33)30-37(34,35)15-5-4-9-26-11-15/h2-7,9,11H,8,10,12-13H2,1H3,(H,30,33). The number of thiophene rings is 1. The van der Waals surface area contributed by atoms with E-state index < -0.39 is 16.1 Å². The number of aliphatic imine (C=N–C) groups is 1. The van der Waals surface area contributed by atoms with E-state index in [1.54, 1.807) is 0 Å². The van der Waals surface area contributed by atoms with Crippen molar-refractivity contribution in [3.05, 3.63) is 87.0 Å². The van der Waals surface area contributed by atoms with Crippen molar-refractivity contribution in [1.29, 1.82) is 0 Å². The highest BCUT2D eigenvalue weighted by Gasteiger charge is 2.34. The summed E-state index contributed by atoms with van der Waals surface area (Å²) in [7, 11) is -4.04. The van der Waals surface area contributed by atoms with Crippen LogP contribution in [0.25, 0.3) is 5.00 Å². The molecule has 0 spiro atoms. The number of carbonyl (C=O) groups excluding carboxylic acids is 1. The summed E-state index contributed by atoms with van der Waals surface area (Å²) in [4.78, 5) is 24.1. The first-order chi connectivity index (χ1) is 17.8. The van der Waals surface area contributed by atoms with Crippen LogP contribution in [0.2, 0.25) is 5.02 Å². The highest BCUT2D eigenvalue weighted by Crippen LogP contribution is 2.40. The number of hydrogen-bond donors (Lipinski definition) is 1. The number of fused-ring (bicyclic) bond motifs is 5. The average molecular weight is 554 g/mol. The number of urea groups is 1. The zero-order valence-electron chi connectivity index (χ0n) is 19.5. The van der Waals surface area contributed by atoms with Crippen LogP contribution < -0.4 is 4.72 Å². The van der Waals surface area contributed by atoms with E-state index in [4.69, 9.17) is 16.6 Å². The lowest BCUT2D eigenvalue weighted by Gasteiger charge is -2.27. The molecule has 1 aromatic carbocycles. The van der Waals surface area contributed by atoms with Crippen molar-refractivity contribution in [1.82, 2.24) is 29.4 Å². The van der Waals surface area contributed by atoms with E-state index in [0.29, 0.717) is 24.5 Å². The second-order valence-electron chi connectivity index (χ2n) is 8.60. The third kappa shape index (κ3) is 4.10. The molecule has 0 saturated heterocycles. The van der Waals surface area contributed by atoms with Crippen LogP contribution in [-0.2, 0) is 29.5 Å². The van der Waals surface area contributed by atoms with E-state index >= 15 is 0 Å². The quantitative estimate of drug-likeness (QED) is 0.414. The molecule has 13 heteroatoms. The number of nitrogens with one attached hydrogen (secondary N) is 1. The van der Waals surface area contributed by atoms with Crippen molar-refractivity contribution >= 4 is 44.7 Å². The van der Waals surface area contributed by atoms with Gasteiger partial charge in [0.25, 0.3) is 10.0 Å². The van der Waals surface area contributed by atoms with Crippen molar-refractivity contribution in [2.45, 2.75) is 31.3 Å². The van der Waals surface area contributed by atoms with E-state index in [9.17, 15) is 13.2 Å². The number of benzene rings is 1. The van der Waals surface area contributed by atoms with Gasteiger partial charge < -0.3 is 4.90 Å². The zero-order chi connectivity index (χ0) is 25.7. The van der Waals surface area contributed by atoms with Gasteiger partial charge in [0.1, 0.15) is 22.3 Å². The summed E-state index contributed by atoms with van der Waals surface area (Å²) < 4.78 is 29.5. The highest BCUT2D eigenvalue weighted by molar-refractivity contribution is 7.90. The van der Waals surface area contributed by atoms with Gasteiger partial charge in [0.05, 0.1) is 12.3 Å². The van der Waals surface area contributed by atoms with Gasteiger partial charge in [-0.3, -0.25) is 14.5 Å². The minimum absolute atomic E-state index is 0.0694. The van der Waals surface area contributed by atoms with Gasteiger partial charge in [-0.1, -0.05) is 29.8 Å². The molecule has 3 aromatic heterocycles. The summed E-state index contributed by atoms with van der Waals surface area (Å²) in [6, 6.07) is 9.80. The molecule has 10 nitrogen and oxygen atoms in total. The predicted molar refractivity (Wildman–Crippen MR) is 139 cm³/mol. The number of aromatic nitrogens is 4. The molecule has 5 heterocycles.